The van der Waals surface area contributed by atoms with Crippen LogP contribution < -0.4 is 0 Å². The molecule has 0 spiro atoms. The molecule has 0 amide bonds. The number of likely N-dealkylation sites (tertiary alicyclic amines) is 1. The van der Waals surface area contributed by atoms with E-state index in [9.17, 15) is 4.79 Å². The number of carboxylic acids is 1. The molecule has 1 aliphatic heterocycles. The summed E-state index contributed by atoms with van der Waals surface area (Å²) in [7, 11) is 0. The quantitative estimate of drug-likeness (QED) is 0.849. The Balaban J connectivity index is 1.74. The number of aromatic nitrogens is 1. The number of hydrogen-bond acceptors (Lipinski definition) is 4. The molecule has 0 aliphatic carbocycles. The summed E-state index contributed by atoms with van der Waals surface area (Å²) in [5.74, 6) is -0.353. The van der Waals surface area contributed by atoms with Crippen LogP contribution in [0.25, 0.3) is 0 Å². The molecule has 16 heavy (non-hydrogen) atoms. The fourth-order valence-corrected chi connectivity index (χ4v) is 2.73. The van der Waals surface area contributed by atoms with E-state index in [1.807, 2.05) is 0 Å². The van der Waals surface area contributed by atoms with Crippen LogP contribution in [0, 0.1) is 5.92 Å². The van der Waals surface area contributed by atoms with Gasteiger partial charge < -0.3 is 5.11 Å². The second-order valence-corrected chi connectivity index (χ2v) is 5.19. The number of hydrogen-bond donors (Lipinski definition) is 1. The van der Waals surface area contributed by atoms with E-state index in [-0.39, 0.29) is 0 Å². The lowest BCUT2D eigenvalue weighted by Crippen LogP contribution is -2.46. The van der Waals surface area contributed by atoms with Crippen molar-refractivity contribution in [1.29, 1.82) is 0 Å². The Hall–Kier alpha value is -0.940. The lowest BCUT2D eigenvalue weighted by atomic mass is 9.96. The summed E-state index contributed by atoms with van der Waals surface area (Å²) in [6.45, 7) is 4.76. The standard InChI is InChI=1S/C11H16N2O2S/c1-2-10-12-9(7-16-10)6-13-4-8(5-13)3-11(14)15/h7-8H,2-6H2,1H3,(H,14,15). The van der Waals surface area contributed by atoms with Gasteiger partial charge in [-0.1, -0.05) is 6.92 Å². The molecule has 88 valence electrons. The molecule has 4 nitrogen and oxygen atoms in total. The Morgan fingerprint density at radius 1 is 1.69 bits per heavy atom. The van der Waals surface area contributed by atoms with Crippen LogP contribution in [0.15, 0.2) is 5.38 Å². The zero-order chi connectivity index (χ0) is 11.5. The molecule has 2 rings (SSSR count). The van der Waals surface area contributed by atoms with Gasteiger partial charge in [0.2, 0.25) is 0 Å². The lowest BCUT2D eigenvalue weighted by Gasteiger charge is -2.38. The van der Waals surface area contributed by atoms with Gasteiger partial charge in [0.05, 0.1) is 17.1 Å². The maximum absolute atomic E-state index is 10.5. The highest BCUT2D eigenvalue weighted by molar-refractivity contribution is 7.09. The minimum absolute atomic E-state index is 0.299. The van der Waals surface area contributed by atoms with Crippen molar-refractivity contribution in [3.8, 4) is 0 Å². The Morgan fingerprint density at radius 2 is 2.44 bits per heavy atom. The number of thiazole rings is 1. The molecular formula is C11H16N2O2S. The topological polar surface area (TPSA) is 53.4 Å². The fraction of sp³-hybridized carbons (Fsp3) is 0.636. The number of aliphatic carboxylic acids is 1. The monoisotopic (exact) mass is 240 g/mol. The van der Waals surface area contributed by atoms with Gasteiger partial charge in [0.15, 0.2) is 0 Å². The summed E-state index contributed by atoms with van der Waals surface area (Å²) in [5, 5.41) is 11.9. The molecule has 1 N–H and O–H groups in total. The molecule has 2 heterocycles. The van der Waals surface area contributed by atoms with E-state index in [4.69, 9.17) is 5.11 Å². The molecule has 0 aromatic carbocycles. The van der Waals surface area contributed by atoms with Gasteiger partial charge in [-0.05, 0) is 12.3 Å². The second-order valence-electron chi connectivity index (χ2n) is 4.24. The van der Waals surface area contributed by atoms with Crippen LogP contribution in [0.5, 0.6) is 0 Å². The first-order valence-electron chi connectivity index (χ1n) is 5.54. The van der Waals surface area contributed by atoms with E-state index in [0.29, 0.717) is 12.3 Å². The lowest BCUT2D eigenvalue weighted by molar-refractivity contribution is -0.139. The zero-order valence-electron chi connectivity index (χ0n) is 9.35. The van der Waals surface area contributed by atoms with Gasteiger partial charge in [-0.2, -0.15) is 0 Å². The largest absolute Gasteiger partial charge is 0.481 e. The van der Waals surface area contributed by atoms with Gasteiger partial charge >= 0.3 is 5.97 Å². The molecular weight excluding hydrogens is 224 g/mol. The van der Waals surface area contributed by atoms with Crippen LogP contribution in [0.4, 0.5) is 0 Å². The molecule has 0 bridgehead atoms. The van der Waals surface area contributed by atoms with E-state index >= 15 is 0 Å². The van der Waals surface area contributed by atoms with Crippen molar-refractivity contribution in [2.45, 2.75) is 26.3 Å². The van der Waals surface area contributed by atoms with Crippen LogP contribution >= 0.6 is 11.3 Å². The maximum atomic E-state index is 10.5. The van der Waals surface area contributed by atoms with E-state index < -0.39 is 5.97 Å². The van der Waals surface area contributed by atoms with Crippen LogP contribution in [-0.4, -0.2) is 34.0 Å². The Kier molecular flexibility index (Phi) is 3.56. The highest BCUT2D eigenvalue weighted by Crippen LogP contribution is 2.22. The second kappa shape index (κ2) is 4.93. The van der Waals surface area contributed by atoms with E-state index in [1.54, 1.807) is 11.3 Å². The zero-order valence-corrected chi connectivity index (χ0v) is 10.2. The molecule has 1 fully saturated rings. The third-order valence-electron chi connectivity index (χ3n) is 2.78. The highest BCUT2D eigenvalue weighted by Gasteiger charge is 2.28. The SMILES string of the molecule is CCc1nc(CN2CC(CC(=O)O)C2)cs1. The van der Waals surface area contributed by atoms with E-state index in [0.717, 1.165) is 31.7 Å². The van der Waals surface area contributed by atoms with Crippen molar-refractivity contribution in [3.63, 3.8) is 0 Å². The fourth-order valence-electron chi connectivity index (χ4n) is 1.99. The normalized spacial score (nSPS) is 17.3. The predicted octanol–water partition coefficient (Wildman–Crippen LogP) is 1.61. The van der Waals surface area contributed by atoms with Crippen LogP contribution in [0.1, 0.15) is 24.0 Å². The smallest absolute Gasteiger partial charge is 0.303 e. The van der Waals surface area contributed by atoms with Crippen molar-refractivity contribution in [2.24, 2.45) is 5.92 Å². The van der Waals surface area contributed by atoms with Crippen LogP contribution in [-0.2, 0) is 17.8 Å². The van der Waals surface area contributed by atoms with Gasteiger partial charge in [-0.3, -0.25) is 9.69 Å². The first-order chi connectivity index (χ1) is 7.67. The molecule has 5 heteroatoms. The summed E-state index contributed by atoms with van der Waals surface area (Å²) >= 11 is 1.71. The summed E-state index contributed by atoms with van der Waals surface area (Å²) in [6.07, 6.45) is 1.29. The Bertz CT molecular complexity index is 372. The molecule has 1 aromatic rings. The van der Waals surface area contributed by atoms with Gasteiger partial charge in [-0.25, -0.2) is 4.98 Å². The Morgan fingerprint density at radius 3 is 3.00 bits per heavy atom. The van der Waals surface area contributed by atoms with Crippen molar-refractivity contribution >= 4 is 17.3 Å². The highest BCUT2D eigenvalue weighted by atomic mass is 32.1. The third kappa shape index (κ3) is 2.80. The first-order valence-corrected chi connectivity index (χ1v) is 6.42. The van der Waals surface area contributed by atoms with Crippen LogP contribution in [0.2, 0.25) is 0 Å². The summed E-state index contributed by atoms with van der Waals surface area (Å²) in [4.78, 5) is 17.2. The van der Waals surface area contributed by atoms with Gasteiger partial charge in [0.25, 0.3) is 0 Å². The van der Waals surface area contributed by atoms with Gasteiger partial charge in [0.1, 0.15) is 0 Å². The molecule has 1 aliphatic rings. The summed E-state index contributed by atoms with van der Waals surface area (Å²) in [6, 6.07) is 0. The van der Waals surface area contributed by atoms with Crippen molar-refractivity contribution < 1.29 is 9.90 Å². The van der Waals surface area contributed by atoms with Crippen molar-refractivity contribution in [2.75, 3.05) is 13.1 Å². The number of rotatable bonds is 5. The number of carboxylic acid groups (broad SMARTS) is 1. The first kappa shape index (κ1) is 11.5. The average molecular weight is 240 g/mol. The van der Waals surface area contributed by atoms with Crippen molar-refractivity contribution in [1.82, 2.24) is 9.88 Å². The summed E-state index contributed by atoms with van der Waals surface area (Å²) in [5.41, 5.74) is 1.12. The molecule has 1 aromatic heterocycles. The summed E-state index contributed by atoms with van der Waals surface area (Å²) < 4.78 is 0. The number of carbonyl (C=O) groups is 1. The molecule has 1 saturated heterocycles. The van der Waals surface area contributed by atoms with Gasteiger partial charge in [-0.15, -0.1) is 11.3 Å². The maximum Gasteiger partial charge on any atom is 0.303 e. The van der Waals surface area contributed by atoms with E-state index in [2.05, 4.69) is 22.2 Å². The van der Waals surface area contributed by atoms with E-state index in [1.165, 1.54) is 5.01 Å². The predicted molar refractivity (Wildman–Crippen MR) is 62.5 cm³/mol. The minimum atomic E-state index is -0.688. The molecule has 0 atom stereocenters. The van der Waals surface area contributed by atoms with Gasteiger partial charge in [0, 0.05) is 25.0 Å². The Labute approximate surface area is 98.9 Å². The minimum Gasteiger partial charge on any atom is -0.481 e. The van der Waals surface area contributed by atoms with Crippen LogP contribution in [0.3, 0.4) is 0 Å². The number of nitrogens with zero attached hydrogens (tertiary/aromatic N) is 2. The van der Waals surface area contributed by atoms with Crippen molar-refractivity contribution in [3.05, 3.63) is 16.1 Å². The number of aryl methyl sites for hydroxylation is 1. The average Bonchev–Trinajstić information content (AvgIpc) is 2.61. The molecule has 0 radical (unpaired) electrons. The molecule has 0 saturated carbocycles. The third-order valence-corrected chi connectivity index (χ3v) is 3.83. The molecule has 0 unspecified atom stereocenters.